The molecule has 0 spiro atoms. The monoisotopic (exact) mass is 569 g/mol. The van der Waals surface area contributed by atoms with Crippen LogP contribution >= 0.6 is 22.9 Å². The summed E-state index contributed by atoms with van der Waals surface area (Å²) < 4.78 is 0. The van der Waals surface area contributed by atoms with E-state index in [9.17, 15) is 0 Å². The molecule has 0 aliphatic carbocycles. The average molecular weight is 570 g/mol. The van der Waals surface area contributed by atoms with Crippen LogP contribution in [0.1, 0.15) is 94.2 Å². The van der Waals surface area contributed by atoms with Crippen molar-refractivity contribution in [1.29, 1.82) is 10.8 Å². The highest BCUT2D eigenvalue weighted by atomic mass is 35.5. The second-order valence-electron chi connectivity index (χ2n) is 9.18. The predicted molar refractivity (Wildman–Crippen MR) is 176 cm³/mol. The third-order valence-corrected chi connectivity index (χ3v) is 7.81. The van der Waals surface area contributed by atoms with Crippen LogP contribution in [-0.4, -0.2) is 30.0 Å². The van der Waals surface area contributed by atoms with Crippen LogP contribution in [0.4, 0.5) is 5.00 Å². The SMILES string of the molecule is C=CCCCCCCCNC=C.CC.CC[C@@H]1N=C(c2ccc(Cl)cc2)c2c(sc(C)c2C)N(C(C)=N)C1=N. The van der Waals surface area contributed by atoms with Gasteiger partial charge in [0.1, 0.15) is 22.7 Å². The molecular weight excluding hydrogens is 522 g/mol. The normalized spacial score (nSPS) is 14.0. The average Bonchev–Trinajstić information content (AvgIpc) is 3.14. The van der Waals surface area contributed by atoms with Crippen molar-refractivity contribution in [3.63, 3.8) is 0 Å². The van der Waals surface area contributed by atoms with Crippen LogP contribution in [0.2, 0.25) is 5.02 Å². The van der Waals surface area contributed by atoms with E-state index in [1.165, 1.54) is 43.4 Å². The van der Waals surface area contributed by atoms with Crippen LogP contribution in [-0.2, 0) is 0 Å². The van der Waals surface area contributed by atoms with Gasteiger partial charge in [0.15, 0.2) is 0 Å². The largest absolute Gasteiger partial charge is 0.391 e. The summed E-state index contributed by atoms with van der Waals surface area (Å²) >= 11 is 7.68. The number of nitrogens with one attached hydrogen (secondary N) is 3. The highest BCUT2D eigenvalue weighted by Gasteiger charge is 2.33. The maximum absolute atomic E-state index is 8.63. The molecule has 1 aliphatic rings. The van der Waals surface area contributed by atoms with E-state index < -0.39 is 0 Å². The van der Waals surface area contributed by atoms with Gasteiger partial charge in [-0.05, 0) is 70.4 Å². The van der Waals surface area contributed by atoms with Gasteiger partial charge in [-0.15, -0.1) is 17.9 Å². The number of rotatable bonds is 11. The molecule has 0 radical (unpaired) electrons. The summed E-state index contributed by atoms with van der Waals surface area (Å²) in [6.07, 6.45) is 12.2. The lowest BCUT2D eigenvalue weighted by atomic mass is 10.00. The molecule has 3 rings (SSSR count). The number of aliphatic imine (C=N–C) groups is 1. The van der Waals surface area contributed by atoms with Gasteiger partial charge in [-0.2, -0.15) is 0 Å². The molecule has 5 nitrogen and oxygen atoms in total. The molecule has 2 heterocycles. The van der Waals surface area contributed by atoms with Crippen molar-refractivity contribution in [2.75, 3.05) is 11.4 Å². The van der Waals surface area contributed by atoms with E-state index in [0.29, 0.717) is 23.1 Å². The summed E-state index contributed by atoms with van der Waals surface area (Å²) in [6, 6.07) is 7.40. The van der Waals surface area contributed by atoms with Gasteiger partial charge in [0.05, 0.1) is 5.71 Å². The maximum Gasteiger partial charge on any atom is 0.132 e. The van der Waals surface area contributed by atoms with Crippen LogP contribution in [0, 0.1) is 24.7 Å². The Labute approximate surface area is 246 Å². The Bertz CT molecular complexity index is 1090. The lowest BCUT2D eigenvalue weighted by Crippen LogP contribution is -2.39. The standard InChI is InChI=1S/C19H21ClN4S.C11H21N.C2H6/c1-5-15-18(22)24(12(4)21)19-16(10(2)11(3)25-19)17(23-15)13-6-8-14(20)9-7-13;1-3-5-6-7-8-9-10-11-12-4-2;1-2/h6-9,15,21-22H,5H2,1-4H3;3-4,12H,1-2,5-11H2;1-2H3/t15-;;/m0../s1. The first-order valence-electron chi connectivity index (χ1n) is 14.1. The summed E-state index contributed by atoms with van der Waals surface area (Å²) in [4.78, 5) is 7.86. The van der Waals surface area contributed by atoms with Gasteiger partial charge >= 0.3 is 0 Å². The number of fused-ring (bicyclic) bond motifs is 1. The third-order valence-electron chi connectivity index (χ3n) is 6.36. The Hall–Kier alpha value is -2.70. The molecule has 0 unspecified atom stereocenters. The molecule has 3 N–H and O–H groups in total. The maximum atomic E-state index is 8.63. The van der Waals surface area contributed by atoms with Gasteiger partial charge in [0.2, 0.25) is 0 Å². The number of allylic oxidation sites excluding steroid dienone is 1. The lowest BCUT2D eigenvalue weighted by molar-refractivity contribution is 0.607. The fourth-order valence-electron chi connectivity index (χ4n) is 4.18. The Balaban J connectivity index is 0.000000461. The predicted octanol–water partition coefficient (Wildman–Crippen LogP) is 9.70. The molecule has 0 saturated carbocycles. The Kier molecular flexibility index (Phi) is 16.3. The molecular formula is C32H48ClN5S. The van der Waals surface area contributed by atoms with E-state index >= 15 is 0 Å². The number of hydrogen-bond acceptors (Lipinski definition) is 5. The first kappa shape index (κ1) is 34.3. The molecule has 214 valence electrons. The molecule has 1 aromatic heterocycles. The fourth-order valence-corrected chi connectivity index (χ4v) is 5.53. The Morgan fingerprint density at radius 2 is 1.72 bits per heavy atom. The topological polar surface area (TPSA) is 75.3 Å². The molecule has 0 amide bonds. The molecule has 1 aliphatic heterocycles. The molecule has 7 heteroatoms. The van der Waals surface area contributed by atoms with Crippen molar-refractivity contribution in [2.45, 2.75) is 92.5 Å². The highest BCUT2D eigenvalue weighted by molar-refractivity contribution is 7.17. The van der Waals surface area contributed by atoms with Crippen LogP contribution in [0.3, 0.4) is 0 Å². The molecule has 0 bridgehead atoms. The lowest BCUT2D eigenvalue weighted by Gasteiger charge is -2.24. The van der Waals surface area contributed by atoms with Gasteiger partial charge in [-0.3, -0.25) is 20.7 Å². The van der Waals surface area contributed by atoms with Gasteiger partial charge in [-0.1, -0.05) is 76.4 Å². The summed E-state index contributed by atoms with van der Waals surface area (Å²) in [6.45, 7) is 20.3. The Morgan fingerprint density at radius 1 is 1.10 bits per heavy atom. The van der Waals surface area contributed by atoms with Crippen molar-refractivity contribution in [2.24, 2.45) is 4.99 Å². The number of halogens is 1. The van der Waals surface area contributed by atoms with Crippen molar-refractivity contribution in [1.82, 2.24) is 5.32 Å². The number of benzene rings is 1. The van der Waals surface area contributed by atoms with Crippen LogP contribution in [0.5, 0.6) is 0 Å². The first-order valence-corrected chi connectivity index (χ1v) is 15.3. The van der Waals surface area contributed by atoms with Gasteiger partial charge in [-0.25, -0.2) is 0 Å². The van der Waals surface area contributed by atoms with Gasteiger partial charge in [0, 0.05) is 27.6 Å². The molecule has 1 atom stereocenters. The molecule has 1 aromatic carbocycles. The second-order valence-corrected chi connectivity index (χ2v) is 10.8. The summed E-state index contributed by atoms with van der Waals surface area (Å²) in [5.74, 6) is 0.708. The van der Waals surface area contributed by atoms with Crippen molar-refractivity contribution < 1.29 is 0 Å². The molecule has 0 fully saturated rings. The zero-order valence-electron chi connectivity index (χ0n) is 24.8. The minimum atomic E-state index is -0.273. The first-order chi connectivity index (χ1) is 18.8. The quantitative estimate of drug-likeness (QED) is 0.109. The van der Waals surface area contributed by atoms with Crippen molar-refractivity contribution in [3.05, 3.63) is 76.3 Å². The van der Waals surface area contributed by atoms with E-state index in [1.54, 1.807) is 29.4 Å². The number of amidine groups is 2. The zero-order chi connectivity index (χ0) is 29.4. The number of hydrogen-bond donors (Lipinski definition) is 3. The highest BCUT2D eigenvalue weighted by Crippen LogP contribution is 2.40. The number of thiophene rings is 1. The van der Waals surface area contributed by atoms with E-state index in [1.807, 2.05) is 51.1 Å². The van der Waals surface area contributed by atoms with Gasteiger partial charge < -0.3 is 5.32 Å². The third kappa shape index (κ3) is 10.1. The zero-order valence-corrected chi connectivity index (χ0v) is 26.4. The van der Waals surface area contributed by atoms with E-state index in [4.69, 9.17) is 27.4 Å². The summed E-state index contributed by atoms with van der Waals surface area (Å²) in [5.41, 5.74) is 4.05. The fraction of sp³-hybridized carbons (Fsp3) is 0.469. The number of aryl methyl sites for hydroxylation is 1. The van der Waals surface area contributed by atoms with E-state index in [0.717, 1.165) is 33.9 Å². The van der Waals surface area contributed by atoms with Crippen LogP contribution in [0.25, 0.3) is 0 Å². The van der Waals surface area contributed by atoms with E-state index in [-0.39, 0.29) is 6.04 Å². The number of unbranched alkanes of at least 4 members (excludes halogenated alkanes) is 5. The number of anilines is 1. The van der Waals surface area contributed by atoms with E-state index in [2.05, 4.69) is 32.3 Å². The van der Waals surface area contributed by atoms with Crippen molar-refractivity contribution >= 4 is 45.3 Å². The van der Waals surface area contributed by atoms with Crippen LogP contribution < -0.4 is 10.2 Å². The Morgan fingerprint density at radius 3 is 2.28 bits per heavy atom. The minimum absolute atomic E-state index is 0.273. The van der Waals surface area contributed by atoms with Gasteiger partial charge in [0.25, 0.3) is 0 Å². The van der Waals surface area contributed by atoms with Crippen LogP contribution in [0.15, 0.2) is 54.7 Å². The number of nitrogens with zero attached hydrogens (tertiary/aromatic N) is 2. The molecule has 2 aromatic rings. The minimum Gasteiger partial charge on any atom is -0.391 e. The van der Waals surface area contributed by atoms with Crippen molar-refractivity contribution in [3.8, 4) is 0 Å². The summed E-state index contributed by atoms with van der Waals surface area (Å²) in [5, 5.41) is 21.5. The summed E-state index contributed by atoms with van der Waals surface area (Å²) in [7, 11) is 0. The second kappa shape index (κ2) is 18.6. The smallest absolute Gasteiger partial charge is 0.132 e. The molecule has 39 heavy (non-hydrogen) atoms. The molecule has 0 saturated heterocycles.